The molecule has 2 aromatic rings. The number of nitrogens with zero attached hydrogens (tertiary/aromatic N) is 1. The van der Waals surface area contributed by atoms with Gasteiger partial charge >= 0.3 is 0 Å². The van der Waals surface area contributed by atoms with Gasteiger partial charge in [0.1, 0.15) is 0 Å². The molecule has 0 spiro atoms. The van der Waals surface area contributed by atoms with Gasteiger partial charge in [0.05, 0.1) is 18.2 Å². The Morgan fingerprint density at radius 3 is 2.29 bits per heavy atom. The fourth-order valence-corrected chi connectivity index (χ4v) is 1.77. The molecule has 2 nitrogen and oxygen atoms in total. The Bertz CT molecular complexity index is 538. The summed E-state index contributed by atoms with van der Waals surface area (Å²) in [7, 11) is 0. The van der Waals surface area contributed by atoms with Crippen molar-refractivity contribution in [1.82, 2.24) is 0 Å². The van der Waals surface area contributed by atoms with E-state index >= 15 is 0 Å². The zero-order valence-electron chi connectivity index (χ0n) is 9.43. The van der Waals surface area contributed by atoms with Gasteiger partial charge in [0.15, 0.2) is 0 Å². The first kappa shape index (κ1) is 11.4. The molecule has 0 amide bonds. The summed E-state index contributed by atoms with van der Waals surface area (Å²) in [4.78, 5) is 0. The molecule has 1 N–H and O–H groups in total. The molecule has 0 saturated heterocycles. The van der Waals surface area contributed by atoms with E-state index in [-0.39, 0.29) is 6.61 Å². The fourth-order valence-electron chi connectivity index (χ4n) is 1.77. The Labute approximate surface area is 101 Å². The van der Waals surface area contributed by atoms with Crippen molar-refractivity contribution in [2.75, 3.05) is 0 Å². The first-order valence-electron chi connectivity index (χ1n) is 5.49. The Morgan fingerprint density at radius 2 is 1.65 bits per heavy atom. The first-order chi connectivity index (χ1) is 8.31. The zero-order chi connectivity index (χ0) is 12.1. The number of nitriles is 1. The molecule has 0 atom stereocenters. The first-order valence-corrected chi connectivity index (χ1v) is 5.49. The second-order valence-corrected chi connectivity index (χ2v) is 3.96. The van der Waals surface area contributed by atoms with Crippen molar-refractivity contribution in [1.29, 1.82) is 5.26 Å². The molecule has 2 aromatic carbocycles. The molecule has 2 heteroatoms. The third-order valence-electron chi connectivity index (χ3n) is 2.67. The maximum Gasteiger partial charge on any atom is 0.0991 e. The molecule has 0 unspecified atom stereocenters. The van der Waals surface area contributed by atoms with Crippen LogP contribution >= 0.6 is 0 Å². The van der Waals surface area contributed by atoms with Crippen LogP contribution in [0.25, 0.3) is 0 Å². The summed E-state index contributed by atoms with van der Waals surface area (Å²) in [6.07, 6.45) is 0.819. The molecule has 0 radical (unpaired) electrons. The minimum absolute atomic E-state index is 0.0706. The zero-order valence-corrected chi connectivity index (χ0v) is 9.43. The Hall–Kier alpha value is -2.11. The largest absolute Gasteiger partial charge is 0.392 e. The van der Waals surface area contributed by atoms with Crippen molar-refractivity contribution in [3.05, 3.63) is 70.8 Å². The molecule has 0 aliphatic rings. The van der Waals surface area contributed by atoms with Crippen LogP contribution in [0.2, 0.25) is 0 Å². The van der Waals surface area contributed by atoms with Gasteiger partial charge in [0.25, 0.3) is 0 Å². The molecule has 0 bridgehead atoms. The normalized spacial score (nSPS) is 9.88. The Morgan fingerprint density at radius 1 is 0.941 bits per heavy atom. The van der Waals surface area contributed by atoms with Gasteiger partial charge in [0, 0.05) is 0 Å². The van der Waals surface area contributed by atoms with Crippen LogP contribution in [-0.2, 0) is 13.0 Å². The maximum atomic E-state index is 9.06. The summed E-state index contributed by atoms with van der Waals surface area (Å²) in [5.74, 6) is 0. The van der Waals surface area contributed by atoms with E-state index in [1.54, 1.807) is 0 Å². The highest BCUT2D eigenvalue weighted by Crippen LogP contribution is 2.12. The van der Waals surface area contributed by atoms with Gasteiger partial charge in [-0.3, -0.25) is 0 Å². The Balaban J connectivity index is 2.16. The van der Waals surface area contributed by atoms with Crippen LogP contribution in [0.15, 0.2) is 48.5 Å². The quantitative estimate of drug-likeness (QED) is 0.869. The van der Waals surface area contributed by atoms with E-state index in [4.69, 9.17) is 10.4 Å². The average Bonchev–Trinajstić information content (AvgIpc) is 2.40. The summed E-state index contributed by atoms with van der Waals surface area (Å²) in [6.45, 7) is 0.0706. The molecule has 0 heterocycles. The number of benzene rings is 2. The van der Waals surface area contributed by atoms with Crippen LogP contribution < -0.4 is 0 Å². The predicted octanol–water partition coefficient (Wildman–Crippen LogP) is 2.64. The monoisotopic (exact) mass is 223 g/mol. The number of rotatable bonds is 3. The van der Waals surface area contributed by atoms with Crippen LogP contribution in [0.1, 0.15) is 22.3 Å². The number of hydrogen-bond acceptors (Lipinski definition) is 2. The minimum atomic E-state index is 0.0706. The smallest absolute Gasteiger partial charge is 0.0991 e. The third-order valence-corrected chi connectivity index (χ3v) is 2.67. The van der Waals surface area contributed by atoms with Gasteiger partial charge in [-0.25, -0.2) is 0 Å². The number of hydrogen-bond donors (Lipinski definition) is 1. The van der Waals surface area contributed by atoms with Gasteiger partial charge in [0.2, 0.25) is 0 Å². The van der Waals surface area contributed by atoms with Crippen molar-refractivity contribution in [3.63, 3.8) is 0 Å². The van der Waals surface area contributed by atoms with Gasteiger partial charge in [-0.2, -0.15) is 5.26 Å². The van der Waals surface area contributed by atoms with Crippen LogP contribution in [-0.4, -0.2) is 5.11 Å². The summed E-state index contributed by atoms with van der Waals surface area (Å²) in [5.41, 5.74) is 3.94. The average molecular weight is 223 g/mol. The highest BCUT2D eigenvalue weighted by Gasteiger charge is 1.98. The Kier molecular flexibility index (Phi) is 3.54. The fraction of sp³-hybridized carbons (Fsp3) is 0.133. The van der Waals surface area contributed by atoms with E-state index in [0.29, 0.717) is 5.56 Å². The highest BCUT2D eigenvalue weighted by molar-refractivity contribution is 5.35. The van der Waals surface area contributed by atoms with Gasteiger partial charge in [-0.15, -0.1) is 0 Å². The molecule has 84 valence electrons. The second kappa shape index (κ2) is 5.29. The van der Waals surface area contributed by atoms with Crippen molar-refractivity contribution in [2.45, 2.75) is 13.0 Å². The molecule has 17 heavy (non-hydrogen) atoms. The lowest BCUT2D eigenvalue weighted by molar-refractivity contribution is 0.281. The lowest BCUT2D eigenvalue weighted by atomic mass is 10.0. The molecule has 0 saturated carbocycles. The number of aliphatic hydroxyl groups excluding tert-OH is 1. The molecule has 0 fully saturated rings. The van der Waals surface area contributed by atoms with Crippen molar-refractivity contribution >= 4 is 0 Å². The highest BCUT2D eigenvalue weighted by atomic mass is 16.3. The third kappa shape index (κ3) is 2.93. The van der Waals surface area contributed by atoms with Crippen LogP contribution in [0.4, 0.5) is 0 Å². The molecular formula is C15H13NO. The topological polar surface area (TPSA) is 44.0 Å². The minimum Gasteiger partial charge on any atom is -0.392 e. The van der Waals surface area contributed by atoms with Crippen LogP contribution in [0.5, 0.6) is 0 Å². The van der Waals surface area contributed by atoms with Crippen LogP contribution in [0, 0.1) is 11.3 Å². The lowest BCUT2D eigenvalue weighted by Gasteiger charge is -2.04. The molecular weight excluding hydrogens is 210 g/mol. The molecule has 0 aliphatic carbocycles. The molecule has 0 aliphatic heterocycles. The van der Waals surface area contributed by atoms with Gasteiger partial charge in [-0.1, -0.05) is 36.4 Å². The van der Waals surface area contributed by atoms with E-state index in [0.717, 1.165) is 12.0 Å². The van der Waals surface area contributed by atoms with E-state index in [1.165, 1.54) is 11.1 Å². The van der Waals surface area contributed by atoms with Crippen molar-refractivity contribution in [3.8, 4) is 6.07 Å². The lowest BCUT2D eigenvalue weighted by Crippen LogP contribution is -1.91. The summed E-state index contributed by atoms with van der Waals surface area (Å²) >= 11 is 0. The predicted molar refractivity (Wildman–Crippen MR) is 66.3 cm³/mol. The summed E-state index contributed by atoms with van der Waals surface area (Å²) in [5, 5.41) is 17.8. The second-order valence-electron chi connectivity index (χ2n) is 3.96. The SMILES string of the molecule is N#Cc1ccc(Cc2cccc(CO)c2)cc1. The van der Waals surface area contributed by atoms with Crippen LogP contribution in [0.3, 0.4) is 0 Å². The summed E-state index contributed by atoms with van der Waals surface area (Å²) in [6, 6.07) is 17.6. The molecule has 2 rings (SSSR count). The number of aliphatic hydroxyl groups is 1. The van der Waals surface area contributed by atoms with E-state index in [2.05, 4.69) is 6.07 Å². The van der Waals surface area contributed by atoms with Gasteiger partial charge < -0.3 is 5.11 Å². The van der Waals surface area contributed by atoms with E-state index in [9.17, 15) is 0 Å². The standard InChI is InChI=1S/C15H13NO/c16-10-13-6-4-12(5-7-13)8-14-2-1-3-15(9-14)11-17/h1-7,9,17H,8,11H2. The van der Waals surface area contributed by atoms with Crippen molar-refractivity contribution in [2.24, 2.45) is 0 Å². The van der Waals surface area contributed by atoms with E-state index < -0.39 is 0 Å². The maximum absolute atomic E-state index is 9.06. The molecule has 0 aromatic heterocycles. The van der Waals surface area contributed by atoms with E-state index in [1.807, 2.05) is 48.5 Å². The van der Waals surface area contributed by atoms with Gasteiger partial charge in [-0.05, 0) is 35.2 Å². The van der Waals surface area contributed by atoms with Crippen molar-refractivity contribution < 1.29 is 5.11 Å². The summed E-state index contributed by atoms with van der Waals surface area (Å²) < 4.78 is 0.